The van der Waals surface area contributed by atoms with Crippen LogP contribution in [0.15, 0.2) is 22.7 Å². The highest BCUT2D eigenvalue weighted by molar-refractivity contribution is 6.03. The van der Waals surface area contributed by atoms with Crippen LogP contribution in [0.1, 0.15) is 13.8 Å². The molecule has 0 spiro atoms. The minimum absolute atomic E-state index is 0.0656. The van der Waals surface area contributed by atoms with E-state index in [4.69, 9.17) is 28.4 Å². The van der Waals surface area contributed by atoms with Gasteiger partial charge in [0.05, 0.1) is 53.8 Å². The van der Waals surface area contributed by atoms with Crippen molar-refractivity contribution in [1.29, 1.82) is 0 Å². The van der Waals surface area contributed by atoms with Crippen LogP contribution in [0, 0.1) is 22.7 Å². The molecular weight excluding hydrogens is 400 g/mol. The normalized spacial score (nSPS) is 29.9. The summed E-state index contributed by atoms with van der Waals surface area (Å²) >= 11 is 0. The zero-order valence-corrected chi connectivity index (χ0v) is 18.2. The number of hydrogen-bond acceptors (Lipinski definition) is 10. The molecule has 0 saturated carbocycles. The van der Waals surface area contributed by atoms with Gasteiger partial charge in [0.15, 0.2) is 0 Å². The summed E-state index contributed by atoms with van der Waals surface area (Å²) in [6.07, 6.45) is 0. The number of carbonyl (C=O) groups excluding carboxylic acids is 4. The van der Waals surface area contributed by atoms with Gasteiger partial charge in [-0.2, -0.15) is 0 Å². The van der Waals surface area contributed by atoms with Gasteiger partial charge in [-0.05, 0) is 0 Å². The summed E-state index contributed by atoms with van der Waals surface area (Å²) in [5.74, 6) is -5.87. The highest BCUT2D eigenvalue weighted by Gasteiger charge is 2.76. The molecule has 10 heteroatoms. The fraction of sp³-hybridized carbons (Fsp3) is 0.600. The Labute approximate surface area is 174 Å². The fourth-order valence-electron chi connectivity index (χ4n) is 4.92. The molecule has 0 saturated heterocycles. The van der Waals surface area contributed by atoms with E-state index in [0.29, 0.717) is 0 Å². The van der Waals surface area contributed by atoms with Gasteiger partial charge in [-0.3, -0.25) is 9.59 Å². The first-order valence-electron chi connectivity index (χ1n) is 8.97. The van der Waals surface area contributed by atoms with E-state index in [0.717, 1.165) is 28.4 Å². The zero-order valence-electron chi connectivity index (χ0n) is 18.2. The third-order valence-electron chi connectivity index (χ3n) is 6.38. The average Bonchev–Trinajstić information content (AvgIpc) is 3.07. The van der Waals surface area contributed by atoms with Crippen molar-refractivity contribution in [1.82, 2.24) is 0 Å². The first kappa shape index (κ1) is 23.2. The van der Waals surface area contributed by atoms with Crippen molar-refractivity contribution in [2.75, 3.05) is 42.7 Å². The van der Waals surface area contributed by atoms with Crippen molar-refractivity contribution in [3.63, 3.8) is 0 Å². The number of carbonyl (C=O) groups is 4. The summed E-state index contributed by atoms with van der Waals surface area (Å²) in [6, 6.07) is 0. The van der Waals surface area contributed by atoms with E-state index in [1.54, 1.807) is 13.8 Å². The number of fused-ring (bicyclic) bond motifs is 1. The second-order valence-electron chi connectivity index (χ2n) is 7.19. The van der Waals surface area contributed by atoms with Crippen LogP contribution < -0.4 is 0 Å². The first-order valence-corrected chi connectivity index (χ1v) is 8.97. The predicted molar refractivity (Wildman–Crippen MR) is 99.3 cm³/mol. The number of esters is 4. The molecular formula is C20H26O10. The van der Waals surface area contributed by atoms with Crippen molar-refractivity contribution in [2.45, 2.75) is 13.8 Å². The lowest BCUT2D eigenvalue weighted by Crippen LogP contribution is -2.48. The van der Waals surface area contributed by atoms with Crippen molar-refractivity contribution in [3.8, 4) is 0 Å². The highest BCUT2D eigenvalue weighted by atomic mass is 16.5. The van der Waals surface area contributed by atoms with Crippen LogP contribution in [0.3, 0.4) is 0 Å². The maximum Gasteiger partial charge on any atom is 0.337 e. The lowest BCUT2D eigenvalue weighted by Gasteiger charge is -2.41. The second-order valence-corrected chi connectivity index (χ2v) is 7.19. The molecule has 2 aliphatic carbocycles. The quantitative estimate of drug-likeness (QED) is 0.444. The van der Waals surface area contributed by atoms with E-state index in [-0.39, 0.29) is 22.7 Å². The minimum Gasteiger partial charge on any atom is -0.500 e. The second kappa shape index (κ2) is 8.00. The molecule has 0 aromatic heterocycles. The zero-order chi connectivity index (χ0) is 23.0. The van der Waals surface area contributed by atoms with Gasteiger partial charge in [-0.15, -0.1) is 0 Å². The van der Waals surface area contributed by atoms with Crippen molar-refractivity contribution >= 4 is 23.9 Å². The Kier molecular flexibility index (Phi) is 6.20. The van der Waals surface area contributed by atoms with Crippen molar-refractivity contribution in [3.05, 3.63) is 22.7 Å². The van der Waals surface area contributed by atoms with Crippen LogP contribution in [-0.2, 0) is 47.6 Å². The molecule has 30 heavy (non-hydrogen) atoms. The molecule has 0 radical (unpaired) electrons. The summed E-state index contributed by atoms with van der Waals surface area (Å²) in [6.45, 7) is 3.11. The van der Waals surface area contributed by atoms with Crippen LogP contribution >= 0.6 is 0 Å². The number of methoxy groups -OCH3 is 6. The van der Waals surface area contributed by atoms with Gasteiger partial charge < -0.3 is 28.4 Å². The molecule has 0 fully saturated rings. The topological polar surface area (TPSA) is 124 Å². The van der Waals surface area contributed by atoms with Crippen LogP contribution in [0.5, 0.6) is 0 Å². The average molecular weight is 426 g/mol. The Morgan fingerprint density at radius 1 is 0.600 bits per heavy atom. The maximum atomic E-state index is 12.9. The third kappa shape index (κ3) is 2.62. The first-order chi connectivity index (χ1) is 14.1. The number of ether oxygens (including phenoxy) is 6. The third-order valence-corrected chi connectivity index (χ3v) is 6.38. The number of rotatable bonds is 6. The lowest BCUT2D eigenvalue weighted by molar-refractivity contribution is -0.157. The molecule has 10 nitrogen and oxygen atoms in total. The van der Waals surface area contributed by atoms with Gasteiger partial charge in [-0.1, -0.05) is 13.8 Å². The number of hydrogen-bond donors (Lipinski definition) is 0. The molecule has 0 heterocycles. The molecule has 0 amide bonds. The van der Waals surface area contributed by atoms with Crippen LogP contribution in [0.4, 0.5) is 0 Å². The highest BCUT2D eigenvalue weighted by Crippen LogP contribution is 2.72. The Morgan fingerprint density at radius 2 is 0.900 bits per heavy atom. The molecule has 0 aromatic rings. The molecule has 0 bridgehead atoms. The van der Waals surface area contributed by atoms with Gasteiger partial charge >= 0.3 is 23.9 Å². The predicted octanol–water partition coefficient (Wildman–Crippen LogP) is 0.752. The Bertz CT molecular complexity index is 784. The van der Waals surface area contributed by atoms with Crippen LogP contribution in [0.2, 0.25) is 0 Å². The molecule has 2 aliphatic rings. The van der Waals surface area contributed by atoms with Gasteiger partial charge in [0, 0.05) is 10.8 Å². The lowest BCUT2D eigenvalue weighted by atomic mass is 9.58. The maximum absolute atomic E-state index is 12.9. The Balaban J connectivity index is 3.07. The van der Waals surface area contributed by atoms with Crippen LogP contribution in [0.25, 0.3) is 0 Å². The van der Waals surface area contributed by atoms with E-state index >= 15 is 0 Å². The standard InChI is InChI=1S/C20H26O10/c1-19-9(15(21)27-5)13(25-3)11(17(23)29-7)20(19,2)12(18(24)30-8)14(26-4)10(19)16(22)28-6/h9,12H,1-8H3/t9-,12?,19+,20-/m1/s1. The molecule has 0 aromatic carbocycles. The van der Waals surface area contributed by atoms with E-state index in [2.05, 4.69) is 0 Å². The van der Waals surface area contributed by atoms with Gasteiger partial charge in [0.2, 0.25) is 0 Å². The monoisotopic (exact) mass is 426 g/mol. The SMILES string of the molecule is COC(=O)C1=C(OC)[C@H](C(=O)OC)[C@@]2(C)C(C(=O)OC)=C(OC)C(C(=O)OC)[C@@]12C. The molecule has 4 atom stereocenters. The van der Waals surface area contributed by atoms with Crippen molar-refractivity contribution < 1.29 is 47.6 Å². The Morgan fingerprint density at radius 3 is 1.10 bits per heavy atom. The van der Waals surface area contributed by atoms with Crippen molar-refractivity contribution in [2.24, 2.45) is 22.7 Å². The summed E-state index contributed by atoms with van der Waals surface area (Å²) in [5, 5.41) is 0. The summed E-state index contributed by atoms with van der Waals surface area (Å²) in [7, 11) is 7.18. The summed E-state index contributed by atoms with van der Waals surface area (Å²) < 4.78 is 30.7. The molecule has 166 valence electrons. The Hall–Kier alpha value is -3.04. The van der Waals surface area contributed by atoms with E-state index < -0.39 is 46.5 Å². The van der Waals surface area contributed by atoms with Gasteiger partial charge in [0.25, 0.3) is 0 Å². The van der Waals surface area contributed by atoms with Gasteiger partial charge in [0.1, 0.15) is 23.4 Å². The van der Waals surface area contributed by atoms with E-state index in [9.17, 15) is 19.2 Å². The smallest absolute Gasteiger partial charge is 0.337 e. The molecule has 0 N–H and O–H groups in total. The fourth-order valence-corrected chi connectivity index (χ4v) is 4.92. The summed E-state index contributed by atoms with van der Waals surface area (Å²) in [5.41, 5.74) is -3.22. The van der Waals surface area contributed by atoms with E-state index in [1.807, 2.05) is 0 Å². The molecule has 1 unspecified atom stereocenters. The van der Waals surface area contributed by atoms with Gasteiger partial charge in [-0.25, -0.2) is 9.59 Å². The molecule has 2 rings (SSSR count). The summed E-state index contributed by atoms with van der Waals surface area (Å²) in [4.78, 5) is 51.6. The van der Waals surface area contributed by atoms with E-state index in [1.165, 1.54) is 14.2 Å². The minimum atomic E-state index is -1.52. The molecule has 0 aliphatic heterocycles. The van der Waals surface area contributed by atoms with Crippen LogP contribution in [-0.4, -0.2) is 66.5 Å². The largest absolute Gasteiger partial charge is 0.500 e.